The number of benzene rings is 1. The lowest BCUT2D eigenvalue weighted by Crippen LogP contribution is -2.33. The molecule has 1 aromatic rings. The van der Waals surface area contributed by atoms with Crippen molar-refractivity contribution >= 4 is 5.91 Å². The SMILES string of the molecule is Cc1cccc(C(=O)NC2CCC(C)C2)c1C. The van der Waals surface area contributed by atoms with Gasteiger partial charge >= 0.3 is 0 Å². The molecule has 1 N–H and O–H groups in total. The highest BCUT2D eigenvalue weighted by Gasteiger charge is 2.23. The molecule has 17 heavy (non-hydrogen) atoms. The lowest BCUT2D eigenvalue weighted by Gasteiger charge is -2.14. The van der Waals surface area contributed by atoms with Gasteiger partial charge < -0.3 is 5.32 Å². The Balaban J connectivity index is 2.07. The van der Waals surface area contributed by atoms with E-state index in [9.17, 15) is 4.79 Å². The molecule has 2 rings (SSSR count). The number of hydrogen-bond donors (Lipinski definition) is 1. The van der Waals surface area contributed by atoms with E-state index in [-0.39, 0.29) is 5.91 Å². The minimum atomic E-state index is 0.0882. The Bertz CT molecular complexity index is 425. The zero-order valence-corrected chi connectivity index (χ0v) is 10.9. The number of amides is 1. The van der Waals surface area contributed by atoms with Crippen molar-refractivity contribution in [2.75, 3.05) is 0 Å². The summed E-state index contributed by atoms with van der Waals surface area (Å²) >= 11 is 0. The van der Waals surface area contributed by atoms with E-state index in [0.717, 1.165) is 29.9 Å². The fourth-order valence-electron chi connectivity index (χ4n) is 2.60. The average molecular weight is 231 g/mol. The average Bonchev–Trinajstić information content (AvgIpc) is 2.68. The van der Waals surface area contributed by atoms with Gasteiger partial charge in [-0.2, -0.15) is 0 Å². The lowest BCUT2D eigenvalue weighted by atomic mass is 10.0. The van der Waals surface area contributed by atoms with Crippen LogP contribution in [0.2, 0.25) is 0 Å². The van der Waals surface area contributed by atoms with Crippen LogP contribution in [0.3, 0.4) is 0 Å². The Morgan fingerprint density at radius 2 is 2.06 bits per heavy atom. The third-order valence-electron chi connectivity index (χ3n) is 3.88. The summed E-state index contributed by atoms with van der Waals surface area (Å²) < 4.78 is 0. The maximum absolute atomic E-state index is 12.2. The van der Waals surface area contributed by atoms with Gasteiger partial charge in [0.25, 0.3) is 5.91 Å². The largest absolute Gasteiger partial charge is 0.349 e. The highest BCUT2D eigenvalue weighted by Crippen LogP contribution is 2.25. The van der Waals surface area contributed by atoms with Crippen LogP contribution < -0.4 is 5.32 Å². The summed E-state index contributed by atoms with van der Waals surface area (Å²) in [4.78, 5) is 12.2. The molecule has 1 saturated carbocycles. The summed E-state index contributed by atoms with van der Waals surface area (Å²) in [6.45, 7) is 6.31. The van der Waals surface area contributed by atoms with Gasteiger partial charge in [0.2, 0.25) is 0 Å². The van der Waals surface area contributed by atoms with Crippen LogP contribution in [0.15, 0.2) is 18.2 Å². The number of rotatable bonds is 2. The third-order valence-corrected chi connectivity index (χ3v) is 3.88. The van der Waals surface area contributed by atoms with Gasteiger partial charge in [0.15, 0.2) is 0 Å². The first-order valence-corrected chi connectivity index (χ1v) is 6.45. The molecule has 0 spiro atoms. The Morgan fingerprint density at radius 1 is 1.29 bits per heavy atom. The molecule has 0 heterocycles. The molecule has 92 valence electrons. The maximum Gasteiger partial charge on any atom is 0.251 e. The van der Waals surface area contributed by atoms with Gasteiger partial charge in [-0.05, 0) is 56.2 Å². The van der Waals surface area contributed by atoms with E-state index in [1.807, 2.05) is 32.0 Å². The second-order valence-corrected chi connectivity index (χ2v) is 5.34. The van der Waals surface area contributed by atoms with Crippen molar-refractivity contribution < 1.29 is 4.79 Å². The minimum absolute atomic E-state index is 0.0882. The highest BCUT2D eigenvalue weighted by atomic mass is 16.1. The molecule has 2 unspecified atom stereocenters. The molecule has 0 bridgehead atoms. The molecule has 1 aliphatic carbocycles. The maximum atomic E-state index is 12.2. The van der Waals surface area contributed by atoms with Gasteiger partial charge in [-0.25, -0.2) is 0 Å². The van der Waals surface area contributed by atoms with E-state index in [4.69, 9.17) is 0 Å². The van der Waals surface area contributed by atoms with Gasteiger partial charge in [-0.1, -0.05) is 19.1 Å². The zero-order valence-electron chi connectivity index (χ0n) is 10.9. The predicted octanol–water partition coefficient (Wildman–Crippen LogP) is 3.22. The van der Waals surface area contributed by atoms with Gasteiger partial charge in [-0.3, -0.25) is 4.79 Å². The van der Waals surface area contributed by atoms with Crippen LogP contribution in [-0.4, -0.2) is 11.9 Å². The Labute approximate surface area is 103 Å². The van der Waals surface area contributed by atoms with Crippen LogP contribution in [0, 0.1) is 19.8 Å². The van der Waals surface area contributed by atoms with Crippen LogP contribution >= 0.6 is 0 Å². The molecule has 0 radical (unpaired) electrons. The Kier molecular flexibility index (Phi) is 3.51. The van der Waals surface area contributed by atoms with Crippen molar-refractivity contribution in [3.63, 3.8) is 0 Å². The van der Waals surface area contributed by atoms with Crippen LogP contribution in [0.1, 0.15) is 47.7 Å². The smallest absolute Gasteiger partial charge is 0.251 e. The van der Waals surface area contributed by atoms with E-state index < -0.39 is 0 Å². The molecule has 0 saturated heterocycles. The number of hydrogen-bond acceptors (Lipinski definition) is 1. The van der Waals surface area contributed by atoms with Gasteiger partial charge in [0.1, 0.15) is 0 Å². The van der Waals surface area contributed by atoms with Crippen molar-refractivity contribution in [1.29, 1.82) is 0 Å². The third kappa shape index (κ3) is 2.68. The van der Waals surface area contributed by atoms with Gasteiger partial charge in [0, 0.05) is 11.6 Å². The van der Waals surface area contributed by atoms with Gasteiger partial charge in [0.05, 0.1) is 0 Å². The van der Waals surface area contributed by atoms with Crippen LogP contribution in [0.4, 0.5) is 0 Å². The fraction of sp³-hybridized carbons (Fsp3) is 0.533. The van der Waals surface area contributed by atoms with Crippen molar-refractivity contribution in [2.24, 2.45) is 5.92 Å². The van der Waals surface area contributed by atoms with Crippen LogP contribution in [-0.2, 0) is 0 Å². The summed E-state index contributed by atoms with van der Waals surface area (Å²) in [7, 11) is 0. The quantitative estimate of drug-likeness (QED) is 0.832. The Hall–Kier alpha value is -1.31. The number of carbonyl (C=O) groups is 1. The molecular weight excluding hydrogens is 210 g/mol. The number of nitrogens with one attached hydrogen (secondary N) is 1. The summed E-state index contributed by atoms with van der Waals surface area (Å²) in [5.74, 6) is 0.837. The number of aryl methyl sites for hydroxylation is 1. The second kappa shape index (κ2) is 4.91. The topological polar surface area (TPSA) is 29.1 Å². The van der Waals surface area contributed by atoms with Crippen molar-refractivity contribution in [3.05, 3.63) is 34.9 Å². The summed E-state index contributed by atoms with van der Waals surface area (Å²) in [6.07, 6.45) is 3.48. The van der Waals surface area contributed by atoms with Crippen molar-refractivity contribution in [1.82, 2.24) is 5.32 Å². The first kappa shape index (κ1) is 12.2. The Morgan fingerprint density at radius 3 is 2.71 bits per heavy atom. The first-order valence-electron chi connectivity index (χ1n) is 6.45. The van der Waals surface area contributed by atoms with E-state index >= 15 is 0 Å². The van der Waals surface area contributed by atoms with Crippen LogP contribution in [0.25, 0.3) is 0 Å². The molecule has 1 aromatic carbocycles. The number of carbonyl (C=O) groups excluding carboxylic acids is 1. The van der Waals surface area contributed by atoms with Crippen molar-refractivity contribution in [3.8, 4) is 0 Å². The molecule has 0 aliphatic heterocycles. The summed E-state index contributed by atoms with van der Waals surface area (Å²) in [5, 5.41) is 3.15. The fourth-order valence-corrected chi connectivity index (χ4v) is 2.60. The normalized spacial score (nSPS) is 23.7. The first-order chi connectivity index (χ1) is 8.08. The molecule has 2 atom stereocenters. The molecule has 1 fully saturated rings. The summed E-state index contributed by atoms with van der Waals surface area (Å²) in [6, 6.07) is 6.28. The second-order valence-electron chi connectivity index (χ2n) is 5.34. The minimum Gasteiger partial charge on any atom is -0.349 e. The zero-order chi connectivity index (χ0) is 12.4. The summed E-state index contributed by atoms with van der Waals surface area (Å²) in [5.41, 5.74) is 3.10. The van der Waals surface area contributed by atoms with Crippen molar-refractivity contribution in [2.45, 2.75) is 46.1 Å². The molecule has 0 aromatic heterocycles. The van der Waals surface area contributed by atoms with E-state index in [0.29, 0.717) is 6.04 Å². The van der Waals surface area contributed by atoms with Crippen LogP contribution in [0.5, 0.6) is 0 Å². The molecule has 2 heteroatoms. The molecule has 2 nitrogen and oxygen atoms in total. The molecule has 1 amide bonds. The monoisotopic (exact) mass is 231 g/mol. The van der Waals surface area contributed by atoms with E-state index in [1.165, 1.54) is 12.0 Å². The van der Waals surface area contributed by atoms with Gasteiger partial charge in [-0.15, -0.1) is 0 Å². The lowest BCUT2D eigenvalue weighted by molar-refractivity contribution is 0.0936. The highest BCUT2D eigenvalue weighted by molar-refractivity contribution is 5.96. The molecular formula is C15H21NO. The standard InChI is InChI=1S/C15H21NO/c1-10-7-8-13(9-10)16-15(17)14-6-4-5-11(2)12(14)3/h4-6,10,13H,7-9H2,1-3H3,(H,16,17). The van der Waals surface area contributed by atoms with E-state index in [1.54, 1.807) is 0 Å². The predicted molar refractivity (Wildman–Crippen MR) is 70.2 cm³/mol. The van der Waals surface area contributed by atoms with E-state index in [2.05, 4.69) is 12.2 Å². The molecule has 1 aliphatic rings.